The van der Waals surface area contributed by atoms with Crippen molar-refractivity contribution in [3.8, 4) is 0 Å². The van der Waals surface area contributed by atoms with Crippen LogP contribution >= 0.6 is 0 Å². The molecule has 0 bridgehead atoms. The first-order chi connectivity index (χ1) is 7.95. The highest BCUT2D eigenvalue weighted by molar-refractivity contribution is 5.89. The number of nitrogens with zero attached hydrogens (tertiary/aromatic N) is 1. The van der Waals surface area contributed by atoms with E-state index in [2.05, 4.69) is 31.1 Å². The molecule has 4 heteroatoms. The predicted octanol–water partition coefficient (Wildman–Crippen LogP) is 2.93. The summed E-state index contributed by atoms with van der Waals surface area (Å²) in [4.78, 5) is 15.1. The molecule has 0 fully saturated rings. The Bertz CT molecular complexity index is 404. The van der Waals surface area contributed by atoms with Crippen LogP contribution < -0.4 is 5.32 Å². The van der Waals surface area contributed by atoms with Crippen LogP contribution in [0.1, 0.15) is 43.2 Å². The first-order valence-electron chi connectivity index (χ1n) is 5.93. The van der Waals surface area contributed by atoms with Gasteiger partial charge >= 0.3 is 5.97 Å². The number of anilines is 1. The average Bonchev–Trinajstić information content (AvgIpc) is 2.27. The Balaban J connectivity index is 2.81. The van der Waals surface area contributed by atoms with E-state index < -0.39 is 5.97 Å². The van der Waals surface area contributed by atoms with Crippen LogP contribution in [0.3, 0.4) is 0 Å². The van der Waals surface area contributed by atoms with E-state index in [1.807, 2.05) is 0 Å². The lowest BCUT2D eigenvalue weighted by Gasteiger charge is -2.20. The number of pyridine rings is 1. The van der Waals surface area contributed by atoms with Crippen LogP contribution in [0.5, 0.6) is 0 Å². The van der Waals surface area contributed by atoms with E-state index in [1.54, 1.807) is 19.1 Å². The molecule has 2 N–H and O–H groups in total. The summed E-state index contributed by atoms with van der Waals surface area (Å²) in [6.07, 6.45) is 1.10. The van der Waals surface area contributed by atoms with Crippen molar-refractivity contribution in [1.29, 1.82) is 0 Å². The lowest BCUT2D eigenvalue weighted by Crippen LogP contribution is -2.24. The molecular weight excluding hydrogens is 216 g/mol. The fraction of sp³-hybridized carbons (Fsp3) is 0.538. The van der Waals surface area contributed by atoms with E-state index in [-0.39, 0.29) is 5.56 Å². The molecule has 1 aromatic rings. The largest absolute Gasteiger partial charge is 0.478 e. The highest BCUT2D eigenvalue weighted by atomic mass is 16.4. The summed E-state index contributed by atoms with van der Waals surface area (Å²) in [5, 5.41) is 12.2. The molecule has 0 aliphatic rings. The number of nitrogens with one attached hydrogen (secondary N) is 1. The van der Waals surface area contributed by atoms with Crippen molar-refractivity contribution in [3.05, 3.63) is 23.4 Å². The Kier molecular flexibility index (Phi) is 4.49. The van der Waals surface area contributed by atoms with Crippen LogP contribution in [-0.2, 0) is 0 Å². The van der Waals surface area contributed by atoms with E-state index in [4.69, 9.17) is 5.11 Å². The van der Waals surface area contributed by atoms with Crippen molar-refractivity contribution < 1.29 is 9.90 Å². The molecule has 0 radical (unpaired) electrons. The van der Waals surface area contributed by atoms with Gasteiger partial charge in [0.1, 0.15) is 5.82 Å². The summed E-state index contributed by atoms with van der Waals surface area (Å²) in [6, 6.07) is 3.63. The van der Waals surface area contributed by atoms with Gasteiger partial charge in [0.2, 0.25) is 0 Å². The normalized spacial score (nSPS) is 14.1. The fourth-order valence-electron chi connectivity index (χ4n) is 1.60. The van der Waals surface area contributed by atoms with Crippen LogP contribution in [-0.4, -0.2) is 22.1 Å². The molecular formula is C13H20N2O2. The first-order valence-corrected chi connectivity index (χ1v) is 5.93. The molecule has 1 rings (SSSR count). The van der Waals surface area contributed by atoms with Crippen LogP contribution in [0.2, 0.25) is 0 Å². The van der Waals surface area contributed by atoms with E-state index in [9.17, 15) is 4.79 Å². The van der Waals surface area contributed by atoms with Crippen molar-refractivity contribution in [1.82, 2.24) is 4.98 Å². The predicted molar refractivity (Wildman–Crippen MR) is 68.5 cm³/mol. The zero-order chi connectivity index (χ0) is 13.0. The highest BCUT2D eigenvalue weighted by Gasteiger charge is 2.12. The Labute approximate surface area is 102 Å². The van der Waals surface area contributed by atoms with Gasteiger partial charge in [0.25, 0.3) is 0 Å². The third kappa shape index (κ3) is 3.44. The second-order valence-corrected chi connectivity index (χ2v) is 4.45. The number of hydrogen-bond acceptors (Lipinski definition) is 3. The van der Waals surface area contributed by atoms with Crippen LogP contribution in [0.25, 0.3) is 0 Å². The van der Waals surface area contributed by atoms with E-state index in [0.29, 0.717) is 17.7 Å². The molecule has 2 atom stereocenters. The second kappa shape index (κ2) is 5.66. The maximum Gasteiger partial charge on any atom is 0.337 e. The molecule has 1 aromatic heterocycles. The molecule has 0 aromatic carbocycles. The van der Waals surface area contributed by atoms with Gasteiger partial charge in [-0.3, -0.25) is 0 Å². The van der Waals surface area contributed by atoms with Gasteiger partial charge in [-0.15, -0.1) is 0 Å². The number of carboxylic acids is 1. The topological polar surface area (TPSA) is 62.2 Å². The monoisotopic (exact) mass is 236 g/mol. The van der Waals surface area contributed by atoms with Gasteiger partial charge in [0.15, 0.2) is 0 Å². The minimum absolute atomic E-state index is 0.256. The molecule has 0 spiro atoms. The number of carboxylic acid groups (broad SMARTS) is 1. The summed E-state index contributed by atoms with van der Waals surface area (Å²) < 4.78 is 0. The molecule has 94 valence electrons. The Morgan fingerprint density at radius 2 is 2.12 bits per heavy atom. The Hall–Kier alpha value is -1.58. The lowest BCUT2D eigenvalue weighted by molar-refractivity contribution is 0.0695. The molecule has 0 saturated carbocycles. The Morgan fingerprint density at radius 1 is 1.47 bits per heavy atom. The van der Waals surface area contributed by atoms with Crippen molar-refractivity contribution >= 4 is 11.8 Å². The van der Waals surface area contributed by atoms with Crippen LogP contribution in [0.15, 0.2) is 12.1 Å². The zero-order valence-electron chi connectivity index (χ0n) is 10.8. The van der Waals surface area contributed by atoms with Gasteiger partial charge in [-0.05, 0) is 31.9 Å². The van der Waals surface area contributed by atoms with Crippen LogP contribution in [0, 0.1) is 12.8 Å². The molecule has 0 saturated heterocycles. The van der Waals surface area contributed by atoms with E-state index >= 15 is 0 Å². The molecule has 0 aliphatic heterocycles. The lowest BCUT2D eigenvalue weighted by atomic mass is 10.0. The second-order valence-electron chi connectivity index (χ2n) is 4.45. The van der Waals surface area contributed by atoms with E-state index in [0.717, 1.165) is 12.2 Å². The molecule has 0 aliphatic carbocycles. The maximum absolute atomic E-state index is 10.8. The quantitative estimate of drug-likeness (QED) is 0.825. The number of aryl methyl sites for hydroxylation is 1. The first kappa shape index (κ1) is 13.5. The third-order valence-corrected chi connectivity index (χ3v) is 3.19. The van der Waals surface area contributed by atoms with Gasteiger partial charge in [0, 0.05) is 6.04 Å². The van der Waals surface area contributed by atoms with E-state index in [1.165, 1.54) is 0 Å². The fourth-order valence-corrected chi connectivity index (χ4v) is 1.60. The van der Waals surface area contributed by atoms with Crippen molar-refractivity contribution in [2.75, 3.05) is 5.32 Å². The maximum atomic E-state index is 10.8. The molecule has 2 unspecified atom stereocenters. The van der Waals surface area contributed by atoms with Crippen molar-refractivity contribution in [2.24, 2.45) is 5.92 Å². The number of rotatable bonds is 5. The number of aromatic carboxylic acids is 1. The van der Waals surface area contributed by atoms with Crippen molar-refractivity contribution in [3.63, 3.8) is 0 Å². The standard InChI is InChI=1S/C13H20N2O2/c1-5-8(2)9(3)14-12-7-6-11(13(16)17)10(4)15-12/h6-9H,5H2,1-4H3,(H,14,15)(H,16,17). The Morgan fingerprint density at radius 3 is 2.59 bits per heavy atom. The summed E-state index contributed by atoms with van der Waals surface area (Å²) in [5.74, 6) is 0.355. The highest BCUT2D eigenvalue weighted by Crippen LogP contribution is 2.15. The summed E-state index contributed by atoms with van der Waals surface area (Å²) >= 11 is 0. The van der Waals surface area contributed by atoms with Gasteiger partial charge in [-0.2, -0.15) is 0 Å². The SMILES string of the molecule is CCC(C)C(C)Nc1ccc(C(=O)O)c(C)n1. The summed E-state index contributed by atoms with van der Waals surface area (Å²) in [6.45, 7) is 8.14. The number of hydrogen-bond donors (Lipinski definition) is 2. The van der Waals surface area contributed by atoms with Crippen LogP contribution in [0.4, 0.5) is 5.82 Å². The minimum Gasteiger partial charge on any atom is -0.478 e. The van der Waals surface area contributed by atoms with Gasteiger partial charge in [-0.25, -0.2) is 9.78 Å². The van der Waals surface area contributed by atoms with Gasteiger partial charge in [-0.1, -0.05) is 20.3 Å². The molecule has 4 nitrogen and oxygen atoms in total. The summed E-state index contributed by atoms with van der Waals surface area (Å²) in [5.41, 5.74) is 0.797. The zero-order valence-corrected chi connectivity index (χ0v) is 10.8. The van der Waals surface area contributed by atoms with Gasteiger partial charge in [0.05, 0.1) is 11.3 Å². The van der Waals surface area contributed by atoms with Crippen molar-refractivity contribution in [2.45, 2.75) is 40.2 Å². The minimum atomic E-state index is -0.934. The number of aromatic nitrogens is 1. The molecule has 17 heavy (non-hydrogen) atoms. The molecule has 0 amide bonds. The third-order valence-electron chi connectivity index (χ3n) is 3.19. The number of carbonyl (C=O) groups is 1. The summed E-state index contributed by atoms with van der Waals surface area (Å²) in [7, 11) is 0. The molecule has 1 heterocycles. The van der Waals surface area contributed by atoms with Gasteiger partial charge < -0.3 is 10.4 Å². The average molecular weight is 236 g/mol. The smallest absolute Gasteiger partial charge is 0.337 e.